The van der Waals surface area contributed by atoms with Crippen LogP contribution in [0.5, 0.6) is 0 Å². The molecule has 74 valence electrons. The molecule has 1 aromatic heterocycles. The van der Waals surface area contributed by atoms with Crippen LogP contribution in [0.3, 0.4) is 0 Å². The molecular weight excluding hydrogens is 196 g/mol. The van der Waals surface area contributed by atoms with Crippen molar-refractivity contribution in [1.29, 1.82) is 0 Å². The average molecular weight is 209 g/mol. The lowest BCUT2D eigenvalue weighted by Gasteiger charge is -1.92. The summed E-state index contributed by atoms with van der Waals surface area (Å²) in [5.74, 6) is 1.62. The molecule has 0 atom stereocenters. The van der Waals surface area contributed by atoms with Gasteiger partial charge in [0.15, 0.2) is 0 Å². The second kappa shape index (κ2) is 4.01. The Bertz CT molecular complexity index is 434. The summed E-state index contributed by atoms with van der Waals surface area (Å²) in [6, 6.07) is 6.10. The molecule has 0 saturated heterocycles. The van der Waals surface area contributed by atoms with Gasteiger partial charge in [-0.2, -0.15) is 0 Å². The molecule has 2 nitrogen and oxygen atoms in total. The number of fused-ring (bicyclic) bond motifs is 1. The first-order valence-electron chi connectivity index (χ1n) is 4.87. The summed E-state index contributed by atoms with van der Waals surface area (Å²) in [5.41, 5.74) is 3.25. The van der Waals surface area contributed by atoms with Gasteiger partial charge in [-0.3, -0.25) is 0 Å². The van der Waals surface area contributed by atoms with Crippen LogP contribution in [0.25, 0.3) is 11.0 Å². The number of aromatic nitrogens is 2. The fourth-order valence-corrected chi connectivity index (χ4v) is 1.71. The van der Waals surface area contributed by atoms with E-state index in [1.807, 2.05) is 12.1 Å². The van der Waals surface area contributed by atoms with E-state index in [0.717, 1.165) is 35.3 Å². The molecule has 0 aliphatic heterocycles. The highest BCUT2D eigenvalue weighted by Crippen LogP contribution is 2.15. The number of benzene rings is 1. The van der Waals surface area contributed by atoms with Crippen molar-refractivity contribution < 1.29 is 0 Å². The number of nitrogens with one attached hydrogen (secondary N) is 1. The van der Waals surface area contributed by atoms with Gasteiger partial charge >= 0.3 is 0 Å². The number of alkyl halides is 1. The van der Waals surface area contributed by atoms with Crippen molar-refractivity contribution >= 4 is 22.6 Å². The van der Waals surface area contributed by atoms with Gasteiger partial charge in [0.1, 0.15) is 5.82 Å². The molecule has 0 amide bonds. The predicted molar refractivity (Wildman–Crippen MR) is 59.6 cm³/mol. The van der Waals surface area contributed by atoms with Gasteiger partial charge in [-0.15, -0.1) is 11.6 Å². The van der Waals surface area contributed by atoms with Crippen molar-refractivity contribution in [1.82, 2.24) is 9.97 Å². The molecule has 3 heteroatoms. The Hall–Kier alpha value is -1.02. The van der Waals surface area contributed by atoms with Crippen LogP contribution < -0.4 is 0 Å². The normalized spacial score (nSPS) is 11.0. The molecule has 0 bridgehead atoms. The van der Waals surface area contributed by atoms with Crippen molar-refractivity contribution in [2.45, 2.75) is 25.6 Å². The first kappa shape index (κ1) is 9.53. The van der Waals surface area contributed by atoms with Gasteiger partial charge < -0.3 is 4.98 Å². The van der Waals surface area contributed by atoms with Gasteiger partial charge in [-0.1, -0.05) is 13.0 Å². The second-order valence-corrected chi connectivity index (χ2v) is 3.69. The Labute approximate surface area is 88.3 Å². The molecule has 2 rings (SSSR count). The summed E-state index contributed by atoms with van der Waals surface area (Å²) in [4.78, 5) is 7.78. The number of aromatic amines is 1. The third-order valence-electron chi connectivity index (χ3n) is 2.24. The fraction of sp³-hybridized carbons (Fsp3) is 0.364. The summed E-state index contributed by atoms with van der Waals surface area (Å²) < 4.78 is 0. The Morgan fingerprint density at radius 2 is 2.29 bits per heavy atom. The zero-order valence-electron chi connectivity index (χ0n) is 8.18. The molecule has 1 aromatic carbocycles. The number of hydrogen-bond donors (Lipinski definition) is 1. The average Bonchev–Trinajstić information content (AvgIpc) is 2.59. The molecule has 0 saturated carbocycles. The third-order valence-corrected chi connectivity index (χ3v) is 2.55. The number of halogens is 1. The van der Waals surface area contributed by atoms with Crippen LogP contribution in [0.15, 0.2) is 18.2 Å². The minimum Gasteiger partial charge on any atom is -0.342 e. The van der Waals surface area contributed by atoms with Gasteiger partial charge in [0.05, 0.1) is 11.0 Å². The Morgan fingerprint density at radius 3 is 3.00 bits per heavy atom. The topological polar surface area (TPSA) is 28.7 Å². The molecule has 0 aliphatic carbocycles. The molecule has 1 heterocycles. The number of aryl methyl sites for hydroxylation is 1. The lowest BCUT2D eigenvalue weighted by molar-refractivity contribution is 0.861. The van der Waals surface area contributed by atoms with Crippen LogP contribution in [0.4, 0.5) is 0 Å². The quantitative estimate of drug-likeness (QED) is 0.771. The fourth-order valence-electron chi connectivity index (χ4n) is 1.55. The summed E-state index contributed by atoms with van der Waals surface area (Å²) in [6.07, 6.45) is 2.12. The Morgan fingerprint density at radius 1 is 1.43 bits per heavy atom. The van der Waals surface area contributed by atoms with E-state index in [1.54, 1.807) is 0 Å². The van der Waals surface area contributed by atoms with Gasteiger partial charge in [0.2, 0.25) is 0 Å². The molecule has 0 aliphatic rings. The first-order valence-corrected chi connectivity index (χ1v) is 5.40. The molecule has 0 spiro atoms. The Balaban J connectivity index is 2.43. The molecule has 1 N–H and O–H groups in total. The van der Waals surface area contributed by atoms with Gasteiger partial charge in [-0.25, -0.2) is 4.98 Å². The largest absolute Gasteiger partial charge is 0.342 e. The maximum atomic E-state index is 5.76. The zero-order chi connectivity index (χ0) is 9.97. The van der Waals surface area contributed by atoms with Crippen LogP contribution >= 0.6 is 11.6 Å². The first-order chi connectivity index (χ1) is 6.83. The standard InChI is InChI=1S/C11H13ClN2/c1-2-3-11-13-9-5-4-8(7-12)6-10(9)14-11/h4-6H,2-3,7H2,1H3,(H,13,14). The van der Waals surface area contributed by atoms with E-state index >= 15 is 0 Å². The second-order valence-electron chi connectivity index (χ2n) is 3.42. The molecule has 0 unspecified atom stereocenters. The summed E-state index contributed by atoms with van der Waals surface area (Å²) in [6.45, 7) is 2.15. The minimum atomic E-state index is 0.554. The van der Waals surface area contributed by atoms with Crippen molar-refractivity contribution in [3.05, 3.63) is 29.6 Å². The van der Waals surface area contributed by atoms with E-state index in [4.69, 9.17) is 11.6 Å². The van der Waals surface area contributed by atoms with E-state index in [-0.39, 0.29) is 0 Å². The van der Waals surface area contributed by atoms with Crippen LogP contribution in [-0.2, 0) is 12.3 Å². The maximum absolute atomic E-state index is 5.76. The molecule has 14 heavy (non-hydrogen) atoms. The smallest absolute Gasteiger partial charge is 0.107 e. The van der Waals surface area contributed by atoms with E-state index in [0.29, 0.717) is 5.88 Å². The summed E-state index contributed by atoms with van der Waals surface area (Å²) in [7, 11) is 0. The van der Waals surface area contributed by atoms with Crippen molar-refractivity contribution in [3.63, 3.8) is 0 Å². The van der Waals surface area contributed by atoms with E-state index in [9.17, 15) is 0 Å². The lowest BCUT2D eigenvalue weighted by atomic mass is 10.2. The van der Waals surface area contributed by atoms with Crippen LogP contribution in [0.1, 0.15) is 24.7 Å². The highest BCUT2D eigenvalue weighted by atomic mass is 35.5. The highest BCUT2D eigenvalue weighted by Gasteiger charge is 2.02. The van der Waals surface area contributed by atoms with Crippen LogP contribution in [0, 0.1) is 0 Å². The molecular formula is C11H13ClN2. The van der Waals surface area contributed by atoms with Crippen LogP contribution in [0.2, 0.25) is 0 Å². The van der Waals surface area contributed by atoms with E-state index < -0.39 is 0 Å². The molecule has 0 fully saturated rings. The van der Waals surface area contributed by atoms with Crippen molar-refractivity contribution in [3.8, 4) is 0 Å². The number of hydrogen-bond acceptors (Lipinski definition) is 1. The highest BCUT2D eigenvalue weighted by molar-refractivity contribution is 6.17. The van der Waals surface area contributed by atoms with Crippen molar-refractivity contribution in [2.24, 2.45) is 0 Å². The third kappa shape index (κ3) is 1.75. The van der Waals surface area contributed by atoms with Gasteiger partial charge in [0, 0.05) is 12.3 Å². The SMILES string of the molecule is CCCc1nc2ccc(CCl)cc2[nH]1. The molecule has 2 aromatic rings. The van der Waals surface area contributed by atoms with E-state index in [2.05, 4.69) is 23.0 Å². The number of nitrogens with zero attached hydrogens (tertiary/aromatic N) is 1. The van der Waals surface area contributed by atoms with E-state index in [1.165, 1.54) is 0 Å². The Kier molecular flexibility index (Phi) is 2.73. The van der Waals surface area contributed by atoms with Crippen molar-refractivity contribution in [2.75, 3.05) is 0 Å². The number of imidazole rings is 1. The monoisotopic (exact) mass is 208 g/mol. The summed E-state index contributed by atoms with van der Waals surface area (Å²) >= 11 is 5.76. The number of H-pyrrole nitrogens is 1. The number of rotatable bonds is 3. The van der Waals surface area contributed by atoms with Gasteiger partial charge in [0.25, 0.3) is 0 Å². The minimum absolute atomic E-state index is 0.554. The zero-order valence-corrected chi connectivity index (χ0v) is 8.93. The predicted octanol–water partition coefficient (Wildman–Crippen LogP) is 3.25. The lowest BCUT2D eigenvalue weighted by Crippen LogP contribution is -1.83. The maximum Gasteiger partial charge on any atom is 0.107 e. The summed E-state index contributed by atoms with van der Waals surface area (Å²) in [5, 5.41) is 0. The molecule has 0 radical (unpaired) electrons. The van der Waals surface area contributed by atoms with Crippen LogP contribution in [-0.4, -0.2) is 9.97 Å². The van der Waals surface area contributed by atoms with Gasteiger partial charge in [-0.05, 0) is 24.1 Å².